The first-order valence-electron chi connectivity index (χ1n) is 10.4. The van der Waals surface area contributed by atoms with Gasteiger partial charge in [-0.05, 0) is 74.4 Å². The fourth-order valence-corrected chi connectivity index (χ4v) is 4.80. The van der Waals surface area contributed by atoms with E-state index in [9.17, 15) is 4.39 Å². The maximum absolute atomic E-state index is 13.9. The first-order valence-corrected chi connectivity index (χ1v) is 10.8. The lowest BCUT2D eigenvalue weighted by Gasteiger charge is -2.28. The first-order chi connectivity index (χ1) is 15.0. The van der Waals surface area contributed by atoms with Gasteiger partial charge in [0.1, 0.15) is 5.82 Å². The van der Waals surface area contributed by atoms with Crippen LogP contribution in [0.5, 0.6) is 0 Å². The van der Waals surface area contributed by atoms with E-state index in [-0.39, 0.29) is 17.9 Å². The fourth-order valence-electron chi connectivity index (χ4n) is 4.46. The number of methoxy groups -OCH3 is 1. The van der Waals surface area contributed by atoms with Gasteiger partial charge in [0.05, 0.1) is 17.8 Å². The van der Waals surface area contributed by atoms with Crippen molar-refractivity contribution in [3.05, 3.63) is 83.2 Å². The van der Waals surface area contributed by atoms with Crippen LogP contribution in [0.4, 0.5) is 4.39 Å². The number of aromatic nitrogens is 2. The minimum atomic E-state index is -0.247. The van der Waals surface area contributed by atoms with Crippen molar-refractivity contribution in [2.45, 2.75) is 32.4 Å². The van der Waals surface area contributed by atoms with Crippen LogP contribution in [-0.2, 0) is 4.74 Å². The first kappa shape index (κ1) is 21.5. The maximum Gasteiger partial charge on any atom is 0.170 e. The molecule has 31 heavy (non-hydrogen) atoms. The Kier molecular flexibility index (Phi) is 6.34. The molecule has 1 aliphatic rings. The number of aryl methyl sites for hydroxylation is 1. The van der Waals surface area contributed by atoms with E-state index in [0.717, 1.165) is 41.3 Å². The third kappa shape index (κ3) is 4.20. The van der Waals surface area contributed by atoms with Gasteiger partial charge in [-0.3, -0.25) is 4.98 Å². The summed E-state index contributed by atoms with van der Waals surface area (Å²) in [6.07, 6.45) is 2.67. The molecule has 0 saturated carbocycles. The number of hydrogen-bond acceptors (Lipinski definition) is 3. The smallest absolute Gasteiger partial charge is 0.170 e. The molecular formula is C24H27FN4OS. The van der Waals surface area contributed by atoms with Crippen molar-refractivity contribution in [3.63, 3.8) is 0 Å². The van der Waals surface area contributed by atoms with Crippen molar-refractivity contribution in [1.29, 1.82) is 0 Å². The Bertz CT molecular complexity index is 1070. The van der Waals surface area contributed by atoms with E-state index in [2.05, 4.69) is 32.8 Å². The van der Waals surface area contributed by atoms with E-state index in [1.807, 2.05) is 31.2 Å². The number of halogens is 1. The molecule has 0 aliphatic carbocycles. The lowest BCUT2D eigenvalue weighted by atomic mass is 9.96. The van der Waals surface area contributed by atoms with Gasteiger partial charge in [-0.1, -0.05) is 12.1 Å². The SMILES string of the molecule is COCCCN1C(=S)N[C@@H](c2ccccn2)[C@H]1c1cc(C)n(-c2cccc(F)c2)c1C. The van der Waals surface area contributed by atoms with Crippen molar-refractivity contribution in [1.82, 2.24) is 19.8 Å². The van der Waals surface area contributed by atoms with Crippen molar-refractivity contribution in [2.75, 3.05) is 20.3 Å². The molecule has 1 aromatic carbocycles. The van der Waals surface area contributed by atoms with E-state index >= 15 is 0 Å². The monoisotopic (exact) mass is 438 g/mol. The molecule has 0 amide bonds. The highest BCUT2D eigenvalue weighted by atomic mass is 32.1. The highest BCUT2D eigenvalue weighted by molar-refractivity contribution is 7.80. The van der Waals surface area contributed by atoms with E-state index in [1.165, 1.54) is 6.07 Å². The molecule has 0 spiro atoms. The summed E-state index contributed by atoms with van der Waals surface area (Å²) in [7, 11) is 1.71. The average molecular weight is 439 g/mol. The number of ether oxygens (including phenoxy) is 1. The zero-order valence-electron chi connectivity index (χ0n) is 18.0. The molecule has 1 fully saturated rings. The van der Waals surface area contributed by atoms with E-state index < -0.39 is 0 Å². The van der Waals surface area contributed by atoms with Gasteiger partial charge in [-0.25, -0.2) is 4.39 Å². The molecule has 4 rings (SSSR count). The quantitative estimate of drug-likeness (QED) is 0.430. The molecule has 0 unspecified atom stereocenters. The second-order valence-corrected chi connectivity index (χ2v) is 8.19. The molecule has 1 saturated heterocycles. The standard InChI is InChI=1S/C24H27FN4OS/c1-16-14-20(17(2)29(16)19-9-6-8-18(25)15-19)23-22(21-10-4-5-11-26-21)27-24(31)28(23)12-7-13-30-3/h4-6,8-11,14-15,22-23H,7,12-13H2,1-3H3,(H,27,31)/t22-,23+/m0/s1. The zero-order chi connectivity index (χ0) is 22.0. The molecule has 2 atom stereocenters. The van der Waals surface area contributed by atoms with E-state index in [4.69, 9.17) is 17.0 Å². The van der Waals surface area contributed by atoms with Crippen molar-refractivity contribution < 1.29 is 9.13 Å². The van der Waals surface area contributed by atoms with Gasteiger partial charge in [-0.15, -0.1) is 0 Å². The predicted octanol–water partition coefficient (Wildman–Crippen LogP) is 4.64. The summed E-state index contributed by atoms with van der Waals surface area (Å²) in [5.41, 5.74) is 5.03. The molecular weight excluding hydrogens is 411 g/mol. The summed E-state index contributed by atoms with van der Waals surface area (Å²) < 4.78 is 21.3. The van der Waals surface area contributed by atoms with Crippen LogP contribution in [0, 0.1) is 19.7 Å². The molecule has 1 N–H and O–H groups in total. The molecule has 3 aromatic rings. The van der Waals surface area contributed by atoms with Crippen molar-refractivity contribution >= 4 is 17.3 Å². The molecule has 3 heterocycles. The van der Waals surface area contributed by atoms with Crippen LogP contribution in [0.1, 0.15) is 41.1 Å². The molecule has 162 valence electrons. The Morgan fingerprint density at radius 2 is 2.00 bits per heavy atom. The number of rotatable bonds is 7. The third-order valence-corrected chi connectivity index (χ3v) is 6.15. The van der Waals surface area contributed by atoms with Crippen LogP contribution in [0.25, 0.3) is 5.69 Å². The number of nitrogens with zero attached hydrogens (tertiary/aromatic N) is 3. The van der Waals surface area contributed by atoms with Crippen molar-refractivity contribution in [3.8, 4) is 5.69 Å². The lowest BCUT2D eigenvalue weighted by molar-refractivity contribution is 0.180. The van der Waals surface area contributed by atoms with Gasteiger partial charge >= 0.3 is 0 Å². The highest BCUT2D eigenvalue weighted by Crippen LogP contribution is 2.41. The lowest BCUT2D eigenvalue weighted by Crippen LogP contribution is -2.31. The summed E-state index contributed by atoms with van der Waals surface area (Å²) in [4.78, 5) is 6.83. The van der Waals surface area contributed by atoms with Crippen LogP contribution in [0.2, 0.25) is 0 Å². The third-order valence-electron chi connectivity index (χ3n) is 5.80. The van der Waals surface area contributed by atoms with Gasteiger partial charge in [0, 0.05) is 43.5 Å². The summed E-state index contributed by atoms with van der Waals surface area (Å²) in [5, 5.41) is 4.20. The largest absolute Gasteiger partial charge is 0.385 e. The molecule has 1 aliphatic heterocycles. The number of thiocarbonyl (C=S) groups is 1. The van der Waals surface area contributed by atoms with Crippen LogP contribution in [0.15, 0.2) is 54.7 Å². The van der Waals surface area contributed by atoms with E-state index in [0.29, 0.717) is 11.7 Å². The topological polar surface area (TPSA) is 42.3 Å². The molecule has 7 heteroatoms. The van der Waals surface area contributed by atoms with Crippen LogP contribution in [-0.4, -0.2) is 39.8 Å². The average Bonchev–Trinajstić information content (AvgIpc) is 3.24. The Balaban J connectivity index is 1.79. The Hall–Kier alpha value is -2.77. The maximum atomic E-state index is 13.9. The minimum Gasteiger partial charge on any atom is -0.385 e. The molecule has 0 bridgehead atoms. The number of pyridine rings is 1. The second-order valence-electron chi connectivity index (χ2n) is 7.81. The Morgan fingerprint density at radius 1 is 1.16 bits per heavy atom. The van der Waals surface area contributed by atoms with Crippen LogP contribution in [0.3, 0.4) is 0 Å². The van der Waals surface area contributed by atoms with E-state index in [1.54, 1.807) is 25.4 Å². The molecule has 0 radical (unpaired) electrons. The summed E-state index contributed by atoms with van der Waals surface area (Å²) in [5.74, 6) is -0.247. The normalized spacial score (nSPS) is 18.5. The van der Waals surface area contributed by atoms with Gasteiger partial charge < -0.3 is 19.5 Å². The molecule has 5 nitrogen and oxygen atoms in total. The Morgan fingerprint density at radius 3 is 2.71 bits per heavy atom. The van der Waals surface area contributed by atoms with Gasteiger partial charge in [0.25, 0.3) is 0 Å². The minimum absolute atomic E-state index is 0.0206. The summed E-state index contributed by atoms with van der Waals surface area (Å²) in [6, 6.07) is 14.7. The summed E-state index contributed by atoms with van der Waals surface area (Å²) >= 11 is 5.73. The zero-order valence-corrected chi connectivity index (χ0v) is 18.8. The van der Waals surface area contributed by atoms with Gasteiger partial charge in [0.2, 0.25) is 0 Å². The van der Waals surface area contributed by atoms with Gasteiger partial charge in [0.15, 0.2) is 5.11 Å². The fraction of sp³-hybridized carbons (Fsp3) is 0.333. The number of hydrogen-bond donors (Lipinski definition) is 1. The van der Waals surface area contributed by atoms with Gasteiger partial charge in [-0.2, -0.15) is 0 Å². The van der Waals surface area contributed by atoms with Crippen LogP contribution >= 0.6 is 12.2 Å². The molecule has 2 aromatic heterocycles. The number of nitrogens with one attached hydrogen (secondary N) is 1. The highest BCUT2D eigenvalue weighted by Gasteiger charge is 2.41. The summed E-state index contributed by atoms with van der Waals surface area (Å²) in [6.45, 7) is 5.57. The Labute approximate surface area is 187 Å². The van der Waals surface area contributed by atoms with Crippen molar-refractivity contribution in [2.24, 2.45) is 0 Å². The van der Waals surface area contributed by atoms with Crippen LogP contribution < -0.4 is 5.32 Å². The predicted molar refractivity (Wildman–Crippen MR) is 124 cm³/mol. The second kappa shape index (κ2) is 9.16. The number of benzene rings is 1.